The van der Waals surface area contributed by atoms with Crippen LogP contribution in [0.15, 0.2) is 48.5 Å². The Morgan fingerprint density at radius 2 is 2.00 bits per heavy atom. The molecule has 3 rings (SSSR count). The molecule has 2 aromatic carbocycles. The summed E-state index contributed by atoms with van der Waals surface area (Å²) in [5.74, 6) is 6.68. The first-order valence-electron chi connectivity index (χ1n) is 8.28. The topological polar surface area (TPSA) is 57.4 Å². The van der Waals surface area contributed by atoms with Gasteiger partial charge in [-0.25, -0.2) is 0 Å². The number of aromatic nitrogens is 1. The summed E-state index contributed by atoms with van der Waals surface area (Å²) in [6.07, 6.45) is 0. The Balaban J connectivity index is 1.67. The van der Waals surface area contributed by atoms with Gasteiger partial charge in [0, 0.05) is 36.6 Å². The van der Waals surface area contributed by atoms with Crippen molar-refractivity contribution in [3.8, 4) is 17.6 Å². The number of rotatable bonds is 4. The van der Waals surface area contributed by atoms with Crippen LogP contribution in [0.3, 0.4) is 0 Å². The molecule has 0 spiro atoms. The Labute approximate surface area is 153 Å². The molecule has 0 aliphatic carbocycles. The molecule has 0 fully saturated rings. The second-order valence-corrected chi connectivity index (χ2v) is 6.03. The number of aromatic amines is 1. The monoisotopic (exact) mass is 347 g/mol. The molecule has 1 heterocycles. The van der Waals surface area contributed by atoms with E-state index in [0.29, 0.717) is 5.69 Å². The third kappa shape index (κ3) is 3.81. The molecule has 2 N–H and O–H groups in total. The van der Waals surface area contributed by atoms with Gasteiger partial charge in [-0.15, -0.1) is 0 Å². The van der Waals surface area contributed by atoms with E-state index < -0.39 is 0 Å². The fraction of sp³-hybridized carbons (Fsp3) is 0.190. The second-order valence-electron chi connectivity index (χ2n) is 6.03. The van der Waals surface area contributed by atoms with Crippen molar-refractivity contribution in [2.24, 2.45) is 0 Å². The largest absolute Gasteiger partial charge is 0.497 e. The van der Waals surface area contributed by atoms with Gasteiger partial charge in [0.25, 0.3) is 5.91 Å². The average molecular weight is 347 g/mol. The highest BCUT2D eigenvalue weighted by Crippen LogP contribution is 2.21. The van der Waals surface area contributed by atoms with Gasteiger partial charge in [-0.3, -0.25) is 4.79 Å². The number of nitrogens with zero attached hydrogens (tertiary/aromatic N) is 1. The highest BCUT2D eigenvalue weighted by atomic mass is 16.5. The lowest BCUT2D eigenvalue weighted by Crippen LogP contribution is -2.23. The molecule has 5 nitrogen and oxygen atoms in total. The maximum Gasteiger partial charge on any atom is 0.268 e. The molecule has 0 aliphatic rings. The number of hydrogen-bond donors (Lipinski definition) is 2. The molecule has 1 amide bonds. The lowest BCUT2D eigenvalue weighted by atomic mass is 10.1. The lowest BCUT2D eigenvalue weighted by molar-refractivity contribution is 0.0954. The molecule has 0 atom stereocenters. The minimum Gasteiger partial charge on any atom is -0.497 e. The van der Waals surface area contributed by atoms with Crippen molar-refractivity contribution in [2.75, 3.05) is 32.6 Å². The number of ether oxygens (including phenoxy) is 1. The quantitative estimate of drug-likeness (QED) is 0.713. The van der Waals surface area contributed by atoms with Crippen LogP contribution in [-0.2, 0) is 0 Å². The summed E-state index contributed by atoms with van der Waals surface area (Å²) >= 11 is 0. The normalized spacial score (nSPS) is 10.1. The number of methoxy groups -OCH3 is 1. The van der Waals surface area contributed by atoms with Crippen LogP contribution in [0.4, 0.5) is 5.69 Å². The molecule has 0 saturated heterocycles. The summed E-state index contributed by atoms with van der Waals surface area (Å²) in [6, 6.07) is 15.4. The van der Waals surface area contributed by atoms with Crippen LogP contribution in [0.25, 0.3) is 10.9 Å². The number of carbonyl (C=O) groups is 1. The first-order chi connectivity index (χ1) is 12.6. The van der Waals surface area contributed by atoms with Crippen LogP contribution in [0.2, 0.25) is 0 Å². The summed E-state index contributed by atoms with van der Waals surface area (Å²) in [5.41, 5.74) is 3.35. The van der Waals surface area contributed by atoms with Gasteiger partial charge in [-0.05, 0) is 30.3 Å². The molecule has 5 heteroatoms. The number of nitrogens with one attached hydrogen (secondary N) is 2. The SMILES string of the molecule is COc1ccc2cc(C(=O)NCC#Cc3ccccc3N(C)C)[nH]c2c1. The first kappa shape index (κ1) is 17.4. The summed E-state index contributed by atoms with van der Waals surface area (Å²) in [4.78, 5) is 17.4. The molecule has 3 aromatic rings. The molecule has 0 unspecified atom stereocenters. The van der Waals surface area contributed by atoms with E-state index in [1.165, 1.54) is 0 Å². The van der Waals surface area contributed by atoms with E-state index in [2.05, 4.69) is 22.1 Å². The van der Waals surface area contributed by atoms with Gasteiger partial charge in [-0.2, -0.15) is 0 Å². The Morgan fingerprint density at radius 3 is 2.77 bits per heavy atom. The van der Waals surface area contributed by atoms with Gasteiger partial charge >= 0.3 is 0 Å². The van der Waals surface area contributed by atoms with E-state index in [0.717, 1.165) is 27.9 Å². The Morgan fingerprint density at radius 1 is 1.19 bits per heavy atom. The van der Waals surface area contributed by atoms with Crippen molar-refractivity contribution in [3.05, 3.63) is 59.8 Å². The molecule has 0 saturated carbocycles. The van der Waals surface area contributed by atoms with Gasteiger partial charge < -0.3 is 19.9 Å². The number of para-hydroxylation sites is 1. The molecule has 0 radical (unpaired) electrons. The van der Waals surface area contributed by atoms with Crippen LogP contribution in [-0.4, -0.2) is 38.6 Å². The van der Waals surface area contributed by atoms with Crippen molar-refractivity contribution >= 4 is 22.5 Å². The number of fused-ring (bicyclic) bond motifs is 1. The Kier molecular flexibility index (Phi) is 5.14. The van der Waals surface area contributed by atoms with Gasteiger partial charge in [0.2, 0.25) is 0 Å². The molecule has 132 valence electrons. The zero-order valence-corrected chi connectivity index (χ0v) is 15.1. The van der Waals surface area contributed by atoms with E-state index in [9.17, 15) is 4.79 Å². The zero-order valence-electron chi connectivity index (χ0n) is 15.1. The third-order valence-electron chi connectivity index (χ3n) is 4.02. The van der Waals surface area contributed by atoms with Crippen LogP contribution in [0, 0.1) is 11.8 Å². The lowest BCUT2D eigenvalue weighted by Gasteiger charge is -2.13. The molecule has 1 aromatic heterocycles. The van der Waals surface area contributed by atoms with Gasteiger partial charge in [0.05, 0.1) is 19.3 Å². The highest BCUT2D eigenvalue weighted by molar-refractivity contribution is 5.98. The first-order valence-corrected chi connectivity index (χ1v) is 8.28. The van der Waals surface area contributed by atoms with Gasteiger partial charge in [0.1, 0.15) is 11.4 Å². The minimum atomic E-state index is -0.185. The maximum atomic E-state index is 12.3. The smallest absolute Gasteiger partial charge is 0.268 e. The average Bonchev–Trinajstić information content (AvgIpc) is 3.08. The van der Waals surface area contributed by atoms with Crippen molar-refractivity contribution in [2.45, 2.75) is 0 Å². The van der Waals surface area contributed by atoms with E-state index in [4.69, 9.17) is 4.74 Å². The van der Waals surface area contributed by atoms with E-state index >= 15 is 0 Å². The molecule has 0 bridgehead atoms. The van der Waals surface area contributed by atoms with Crippen molar-refractivity contribution < 1.29 is 9.53 Å². The van der Waals surface area contributed by atoms with Crippen molar-refractivity contribution in [1.82, 2.24) is 10.3 Å². The number of amides is 1. The van der Waals surface area contributed by atoms with Crippen LogP contribution >= 0.6 is 0 Å². The predicted octanol–water partition coefficient (Wildman–Crippen LogP) is 3.02. The highest BCUT2D eigenvalue weighted by Gasteiger charge is 2.09. The minimum absolute atomic E-state index is 0.185. The fourth-order valence-electron chi connectivity index (χ4n) is 2.68. The Bertz CT molecular complexity index is 993. The zero-order chi connectivity index (χ0) is 18.5. The standard InChI is InChI=1S/C21H21N3O2/c1-24(2)20-9-5-4-7-15(20)8-6-12-22-21(25)19-13-16-10-11-17(26-3)14-18(16)23-19/h4-5,7,9-11,13-14,23H,12H2,1-3H3,(H,22,25). The fourth-order valence-corrected chi connectivity index (χ4v) is 2.68. The number of benzene rings is 2. The third-order valence-corrected chi connectivity index (χ3v) is 4.02. The number of H-pyrrole nitrogens is 1. The number of carbonyl (C=O) groups excluding carboxylic acids is 1. The van der Waals surface area contributed by atoms with E-state index in [1.807, 2.05) is 67.5 Å². The number of anilines is 1. The molecule has 26 heavy (non-hydrogen) atoms. The summed E-state index contributed by atoms with van der Waals surface area (Å²) in [5, 5.41) is 3.78. The van der Waals surface area contributed by atoms with Gasteiger partial charge in [-0.1, -0.05) is 24.0 Å². The second kappa shape index (κ2) is 7.66. The van der Waals surface area contributed by atoms with Crippen LogP contribution in [0.1, 0.15) is 16.1 Å². The molecular weight excluding hydrogens is 326 g/mol. The number of hydrogen-bond acceptors (Lipinski definition) is 3. The predicted molar refractivity (Wildman–Crippen MR) is 105 cm³/mol. The summed E-state index contributed by atoms with van der Waals surface area (Å²) < 4.78 is 5.20. The summed E-state index contributed by atoms with van der Waals surface area (Å²) in [6.45, 7) is 0.277. The van der Waals surface area contributed by atoms with E-state index in [1.54, 1.807) is 7.11 Å². The van der Waals surface area contributed by atoms with Crippen LogP contribution < -0.4 is 15.0 Å². The molecular formula is C21H21N3O2. The van der Waals surface area contributed by atoms with Crippen LogP contribution in [0.5, 0.6) is 5.75 Å². The van der Waals surface area contributed by atoms with Crippen molar-refractivity contribution in [1.29, 1.82) is 0 Å². The maximum absolute atomic E-state index is 12.3. The molecule has 0 aliphatic heterocycles. The van der Waals surface area contributed by atoms with Gasteiger partial charge in [0.15, 0.2) is 0 Å². The van der Waals surface area contributed by atoms with E-state index in [-0.39, 0.29) is 12.5 Å². The van der Waals surface area contributed by atoms with Crippen molar-refractivity contribution in [3.63, 3.8) is 0 Å². The summed E-state index contributed by atoms with van der Waals surface area (Å²) in [7, 11) is 5.57. The Hall–Kier alpha value is -3.39.